The highest BCUT2D eigenvalue weighted by atomic mass is 16.5. The molecule has 0 radical (unpaired) electrons. The van der Waals surface area contributed by atoms with Crippen LogP contribution in [0.5, 0.6) is 5.75 Å². The van der Waals surface area contributed by atoms with Gasteiger partial charge in [-0.05, 0) is 48.4 Å². The van der Waals surface area contributed by atoms with Crippen LogP contribution in [0, 0.1) is 0 Å². The highest BCUT2D eigenvalue weighted by molar-refractivity contribution is 5.91. The Balaban J connectivity index is 1.36. The molecule has 0 aliphatic carbocycles. The number of hydrogen-bond acceptors (Lipinski definition) is 7. The van der Waals surface area contributed by atoms with Gasteiger partial charge in [0.05, 0.1) is 25.8 Å². The number of nitrogens with one attached hydrogen (secondary N) is 1. The first kappa shape index (κ1) is 27.6. The van der Waals surface area contributed by atoms with Crippen LogP contribution in [0.1, 0.15) is 12.0 Å². The zero-order valence-corrected chi connectivity index (χ0v) is 23.1. The molecular formula is C32H37N5O3. The minimum atomic E-state index is 0.0479. The van der Waals surface area contributed by atoms with E-state index in [1.54, 1.807) is 7.11 Å². The Morgan fingerprint density at radius 3 is 2.48 bits per heavy atom. The van der Waals surface area contributed by atoms with Gasteiger partial charge in [0.15, 0.2) is 5.82 Å². The number of amides is 1. The number of carbonyl (C=O) groups is 1. The van der Waals surface area contributed by atoms with Crippen LogP contribution in [0.2, 0.25) is 0 Å². The number of ether oxygens (including phenoxy) is 2. The highest BCUT2D eigenvalue weighted by Crippen LogP contribution is 2.29. The Morgan fingerprint density at radius 2 is 1.70 bits per heavy atom. The predicted octanol–water partition coefficient (Wildman–Crippen LogP) is 4.19. The van der Waals surface area contributed by atoms with E-state index < -0.39 is 0 Å². The molecule has 3 aromatic carbocycles. The maximum atomic E-state index is 12.9. The van der Waals surface area contributed by atoms with Crippen molar-refractivity contribution in [3.05, 3.63) is 84.4 Å². The first-order valence-electron chi connectivity index (χ1n) is 14.0. The first-order valence-corrected chi connectivity index (χ1v) is 14.0. The van der Waals surface area contributed by atoms with E-state index in [1.165, 1.54) is 5.56 Å². The van der Waals surface area contributed by atoms with E-state index in [2.05, 4.69) is 45.4 Å². The summed E-state index contributed by atoms with van der Waals surface area (Å²) in [4.78, 5) is 27.4. The molecule has 5 rings (SSSR count). The van der Waals surface area contributed by atoms with Crippen molar-refractivity contribution in [2.24, 2.45) is 0 Å². The monoisotopic (exact) mass is 539 g/mol. The quantitative estimate of drug-likeness (QED) is 0.289. The van der Waals surface area contributed by atoms with Gasteiger partial charge in [0.25, 0.3) is 0 Å². The molecule has 2 heterocycles. The minimum absolute atomic E-state index is 0.0479. The lowest BCUT2D eigenvalue weighted by molar-refractivity contribution is -0.121. The summed E-state index contributed by atoms with van der Waals surface area (Å²) in [6.45, 7) is 6.12. The van der Waals surface area contributed by atoms with Gasteiger partial charge < -0.3 is 19.7 Å². The summed E-state index contributed by atoms with van der Waals surface area (Å²) in [6.07, 6.45) is 1.23. The minimum Gasteiger partial charge on any atom is -0.497 e. The summed E-state index contributed by atoms with van der Waals surface area (Å²) in [6, 6.07) is 26.3. The van der Waals surface area contributed by atoms with Gasteiger partial charge in [-0.1, -0.05) is 42.5 Å². The number of benzene rings is 3. The third-order valence-electron chi connectivity index (χ3n) is 7.21. The molecule has 0 saturated carbocycles. The molecule has 208 valence electrons. The fourth-order valence-corrected chi connectivity index (χ4v) is 4.91. The number of methoxy groups -OCH3 is 1. The largest absolute Gasteiger partial charge is 0.497 e. The van der Waals surface area contributed by atoms with E-state index in [0.29, 0.717) is 25.3 Å². The maximum absolute atomic E-state index is 12.9. The molecule has 8 heteroatoms. The predicted molar refractivity (Wildman–Crippen MR) is 159 cm³/mol. The van der Waals surface area contributed by atoms with Crippen molar-refractivity contribution in [3.8, 4) is 17.1 Å². The van der Waals surface area contributed by atoms with Crippen LogP contribution < -0.4 is 15.0 Å². The maximum Gasteiger partial charge on any atom is 0.221 e. The molecule has 0 atom stereocenters. The smallest absolute Gasteiger partial charge is 0.221 e. The van der Waals surface area contributed by atoms with Gasteiger partial charge in [-0.3, -0.25) is 9.69 Å². The summed E-state index contributed by atoms with van der Waals surface area (Å²) in [5, 5.41) is 4.08. The van der Waals surface area contributed by atoms with E-state index in [-0.39, 0.29) is 5.91 Å². The summed E-state index contributed by atoms with van der Waals surface area (Å²) >= 11 is 0. The number of morpholine rings is 1. The lowest BCUT2D eigenvalue weighted by atomic mass is 10.1. The van der Waals surface area contributed by atoms with Crippen molar-refractivity contribution in [1.82, 2.24) is 20.2 Å². The fourth-order valence-electron chi connectivity index (χ4n) is 4.91. The van der Waals surface area contributed by atoms with Crippen molar-refractivity contribution in [1.29, 1.82) is 0 Å². The van der Waals surface area contributed by atoms with Gasteiger partial charge >= 0.3 is 0 Å². The number of aromatic nitrogens is 2. The van der Waals surface area contributed by atoms with E-state index in [1.807, 2.05) is 48.5 Å². The van der Waals surface area contributed by atoms with E-state index in [9.17, 15) is 4.79 Å². The number of fused-ring (bicyclic) bond motifs is 1. The molecule has 0 bridgehead atoms. The Hall–Kier alpha value is -4.01. The zero-order chi connectivity index (χ0) is 27.6. The van der Waals surface area contributed by atoms with E-state index in [0.717, 1.165) is 73.8 Å². The fraction of sp³-hybridized carbons (Fsp3) is 0.344. The topological polar surface area (TPSA) is 79.8 Å². The Kier molecular flexibility index (Phi) is 9.55. The van der Waals surface area contributed by atoms with Crippen molar-refractivity contribution in [3.63, 3.8) is 0 Å². The van der Waals surface area contributed by atoms with Crippen molar-refractivity contribution in [2.75, 3.05) is 64.5 Å². The van der Waals surface area contributed by atoms with Gasteiger partial charge in [0.1, 0.15) is 11.6 Å². The van der Waals surface area contributed by atoms with Gasteiger partial charge in [-0.15, -0.1) is 0 Å². The first-order chi connectivity index (χ1) is 19.7. The number of hydrogen-bond donors (Lipinski definition) is 1. The normalized spacial score (nSPS) is 13.7. The molecule has 4 aromatic rings. The van der Waals surface area contributed by atoms with Gasteiger partial charge in [-0.2, -0.15) is 0 Å². The number of anilines is 1. The third kappa shape index (κ3) is 7.34. The Bertz CT molecular complexity index is 1370. The number of rotatable bonds is 12. The Labute approximate surface area is 235 Å². The van der Waals surface area contributed by atoms with Crippen LogP contribution >= 0.6 is 0 Å². The number of para-hydroxylation sites is 1. The van der Waals surface area contributed by atoms with E-state index in [4.69, 9.17) is 19.4 Å². The molecule has 1 aliphatic rings. The molecule has 8 nitrogen and oxygen atoms in total. The molecule has 0 unspecified atom stereocenters. The molecule has 0 spiro atoms. The SMILES string of the molecule is COc1ccc(-c2nc(N(CCC(=O)NCCN3CCOCC3)CCc3ccccc3)c3ccccc3n2)cc1. The Morgan fingerprint density at radius 1 is 0.950 bits per heavy atom. The average Bonchev–Trinajstić information content (AvgIpc) is 3.02. The highest BCUT2D eigenvalue weighted by Gasteiger charge is 2.18. The molecule has 1 aromatic heterocycles. The van der Waals surface area contributed by atoms with Crippen LogP contribution in [-0.4, -0.2) is 80.4 Å². The molecular weight excluding hydrogens is 502 g/mol. The molecule has 1 saturated heterocycles. The lowest BCUT2D eigenvalue weighted by Gasteiger charge is -2.27. The molecule has 1 aliphatic heterocycles. The van der Waals surface area contributed by atoms with Gasteiger partial charge in [0.2, 0.25) is 5.91 Å². The second-order valence-electron chi connectivity index (χ2n) is 9.89. The van der Waals surface area contributed by atoms with Crippen LogP contribution in [0.4, 0.5) is 5.82 Å². The number of carbonyl (C=O) groups excluding carboxylic acids is 1. The van der Waals surface area contributed by atoms with E-state index >= 15 is 0 Å². The second-order valence-corrected chi connectivity index (χ2v) is 9.89. The standard InChI is InChI=1S/C32H37N5O3/c1-39-27-13-11-26(12-14-27)31-34-29-10-6-5-9-28(29)32(35-31)37(18-15-25-7-3-2-4-8-25)19-16-30(38)33-17-20-36-21-23-40-24-22-36/h2-14H,15-24H2,1H3,(H,33,38). The van der Waals surface area contributed by atoms with Crippen LogP contribution in [0.3, 0.4) is 0 Å². The van der Waals surface area contributed by atoms with Crippen molar-refractivity contribution >= 4 is 22.6 Å². The van der Waals surface area contributed by atoms with Crippen LogP contribution in [0.25, 0.3) is 22.3 Å². The van der Waals surface area contributed by atoms with Crippen molar-refractivity contribution < 1.29 is 14.3 Å². The lowest BCUT2D eigenvalue weighted by Crippen LogP contribution is -2.41. The second kappa shape index (κ2) is 13.9. The third-order valence-corrected chi connectivity index (χ3v) is 7.21. The summed E-state index contributed by atoms with van der Waals surface area (Å²) < 4.78 is 10.7. The molecule has 1 N–H and O–H groups in total. The average molecular weight is 540 g/mol. The summed E-state index contributed by atoms with van der Waals surface area (Å²) in [7, 11) is 1.66. The van der Waals surface area contributed by atoms with Crippen LogP contribution in [-0.2, 0) is 16.0 Å². The van der Waals surface area contributed by atoms with Crippen LogP contribution in [0.15, 0.2) is 78.9 Å². The summed E-state index contributed by atoms with van der Waals surface area (Å²) in [5.74, 6) is 2.32. The molecule has 40 heavy (non-hydrogen) atoms. The van der Waals surface area contributed by atoms with Crippen molar-refractivity contribution in [2.45, 2.75) is 12.8 Å². The number of nitrogens with zero attached hydrogens (tertiary/aromatic N) is 4. The zero-order valence-electron chi connectivity index (χ0n) is 23.1. The van der Waals surface area contributed by atoms with Gasteiger partial charge in [0, 0.05) is 56.6 Å². The van der Waals surface area contributed by atoms with Gasteiger partial charge in [-0.25, -0.2) is 9.97 Å². The summed E-state index contributed by atoms with van der Waals surface area (Å²) in [5.41, 5.74) is 3.03. The molecule has 1 fully saturated rings. The molecule has 1 amide bonds.